The fourth-order valence-corrected chi connectivity index (χ4v) is 2.77. The van der Waals surface area contributed by atoms with Gasteiger partial charge in [0, 0.05) is 29.3 Å². The number of carbonyl (C=O) groups excluding carboxylic acids is 1. The fourth-order valence-electron chi connectivity index (χ4n) is 2.77. The number of nitro groups is 1. The SMILES string of the molecule is Cc1cc(=O)oc(C)c1C(=O)OCc1cc([N+](=O)[O-])cc2c1OCOC2. The molecule has 0 saturated carbocycles. The van der Waals surface area contributed by atoms with Crippen LogP contribution in [-0.4, -0.2) is 17.7 Å². The summed E-state index contributed by atoms with van der Waals surface area (Å²) in [5.74, 6) is -0.149. The van der Waals surface area contributed by atoms with E-state index in [4.69, 9.17) is 18.6 Å². The molecule has 3 rings (SSSR count). The van der Waals surface area contributed by atoms with Gasteiger partial charge < -0.3 is 18.6 Å². The van der Waals surface area contributed by atoms with E-state index < -0.39 is 16.5 Å². The summed E-state index contributed by atoms with van der Waals surface area (Å²) in [5.41, 5.74) is 0.732. The first-order valence-corrected chi connectivity index (χ1v) is 7.66. The van der Waals surface area contributed by atoms with Crippen molar-refractivity contribution in [2.75, 3.05) is 6.79 Å². The lowest BCUT2D eigenvalue weighted by Gasteiger charge is -2.20. The summed E-state index contributed by atoms with van der Waals surface area (Å²) in [4.78, 5) is 34.2. The van der Waals surface area contributed by atoms with Crippen LogP contribution >= 0.6 is 0 Å². The molecule has 0 atom stereocenters. The lowest BCUT2D eigenvalue weighted by molar-refractivity contribution is -0.385. The Morgan fingerprint density at radius 2 is 2.08 bits per heavy atom. The van der Waals surface area contributed by atoms with Crippen molar-refractivity contribution in [2.24, 2.45) is 0 Å². The molecule has 0 unspecified atom stereocenters. The predicted molar refractivity (Wildman–Crippen MR) is 87.0 cm³/mol. The van der Waals surface area contributed by atoms with Gasteiger partial charge in [0.1, 0.15) is 23.7 Å². The van der Waals surface area contributed by atoms with Gasteiger partial charge in [-0.25, -0.2) is 9.59 Å². The number of fused-ring (bicyclic) bond motifs is 1. The van der Waals surface area contributed by atoms with Crippen LogP contribution in [0.2, 0.25) is 0 Å². The molecule has 9 nitrogen and oxygen atoms in total. The first kappa shape index (κ1) is 17.6. The number of benzene rings is 1. The zero-order valence-electron chi connectivity index (χ0n) is 14.1. The predicted octanol–water partition coefficient (Wildman–Crippen LogP) is 2.39. The van der Waals surface area contributed by atoms with Gasteiger partial charge in [0.05, 0.1) is 11.5 Å². The lowest BCUT2D eigenvalue weighted by atomic mass is 10.1. The molecule has 0 saturated heterocycles. The molecule has 2 heterocycles. The molecule has 1 aromatic carbocycles. The number of non-ortho nitro benzene ring substituents is 1. The second-order valence-electron chi connectivity index (χ2n) is 5.72. The highest BCUT2D eigenvalue weighted by atomic mass is 16.7. The minimum Gasteiger partial charge on any atom is -0.467 e. The van der Waals surface area contributed by atoms with Crippen molar-refractivity contribution >= 4 is 11.7 Å². The molecule has 2 aromatic rings. The Morgan fingerprint density at radius 1 is 1.31 bits per heavy atom. The van der Waals surface area contributed by atoms with Gasteiger partial charge in [-0.2, -0.15) is 0 Å². The van der Waals surface area contributed by atoms with Crippen LogP contribution in [0.5, 0.6) is 5.75 Å². The second-order valence-corrected chi connectivity index (χ2v) is 5.72. The molecule has 0 radical (unpaired) electrons. The number of nitro benzene ring substituents is 1. The van der Waals surface area contributed by atoms with Crippen molar-refractivity contribution in [1.29, 1.82) is 0 Å². The maximum Gasteiger partial charge on any atom is 0.342 e. The average Bonchev–Trinajstić information content (AvgIpc) is 2.58. The standard InChI is InChI=1S/C17H15NO8/c1-9-3-14(19)26-10(2)15(9)17(20)24-7-12-5-13(18(21)22)4-11-6-23-8-25-16(11)12/h3-5H,6-8H2,1-2H3. The molecular weight excluding hydrogens is 346 g/mol. The van der Waals surface area contributed by atoms with Crippen LogP contribution in [0.4, 0.5) is 5.69 Å². The Kier molecular flexibility index (Phi) is 4.72. The molecule has 1 aliphatic heterocycles. The molecule has 0 fully saturated rings. The van der Waals surface area contributed by atoms with Gasteiger partial charge in [0.25, 0.3) is 5.69 Å². The van der Waals surface area contributed by atoms with Crippen LogP contribution in [0.3, 0.4) is 0 Å². The largest absolute Gasteiger partial charge is 0.467 e. The number of ether oxygens (including phenoxy) is 3. The number of hydrogen-bond acceptors (Lipinski definition) is 8. The third-order valence-electron chi connectivity index (χ3n) is 3.88. The summed E-state index contributed by atoms with van der Waals surface area (Å²) in [6.45, 7) is 3.02. The van der Waals surface area contributed by atoms with Crippen molar-refractivity contribution in [3.05, 3.63) is 66.7 Å². The quantitative estimate of drug-likeness (QED) is 0.463. The third kappa shape index (κ3) is 3.42. The number of rotatable bonds is 4. The van der Waals surface area contributed by atoms with Gasteiger partial charge in [-0.15, -0.1) is 0 Å². The Balaban J connectivity index is 1.88. The van der Waals surface area contributed by atoms with Crippen LogP contribution in [0, 0.1) is 24.0 Å². The summed E-state index contributed by atoms with van der Waals surface area (Å²) in [6, 6.07) is 3.85. The summed E-state index contributed by atoms with van der Waals surface area (Å²) in [5, 5.41) is 11.1. The Hall–Kier alpha value is -3.20. The first-order chi connectivity index (χ1) is 12.4. The van der Waals surface area contributed by atoms with Gasteiger partial charge in [0.2, 0.25) is 0 Å². The molecule has 0 aliphatic carbocycles. The minimum atomic E-state index is -0.698. The molecule has 1 aliphatic rings. The third-order valence-corrected chi connectivity index (χ3v) is 3.88. The van der Waals surface area contributed by atoms with E-state index in [-0.39, 0.29) is 37.0 Å². The normalized spacial score (nSPS) is 12.8. The Labute approximate surface area is 147 Å². The lowest BCUT2D eigenvalue weighted by Crippen LogP contribution is -2.16. The topological polar surface area (TPSA) is 118 Å². The molecule has 26 heavy (non-hydrogen) atoms. The zero-order chi connectivity index (χ0) is 18.8. The summed E-state index contributed by atoms with van der Waals surface area (Å²) >= 11 is 0. The van der Waals surface area contributed by atoms with E-state index in [2.05, 4.69) is 0 Å². The van der Waals surface area contributed by atoms with Crippen LogP contribution in [-0.2, 0) is 22.7 Å². The van der Waals surface area contributed by atoms with Crippen molar-refractivity contribution in [1.82, 2.24) is 0 Å². The van der Waals surface area contributed by atoms with E-state index in [1.54, 1.807) is 6.92 Å². The number of aryl methyl sites for hydroxylation is 2. The van der Waals surface area contributed by atoms with E-state index in [1.807, 2.05) is 0 Å². The van der Waals surface area contributed by atoms with E-state index in [0.717, 1.165) is 0 Å². The maximum absolute atomic E-state index is 12.4. The first-order valence-electron chi connectivity index (χ1n) is 7.66. The van der Waals surface area contributed by atoms with Crippen molar-refractivity contribution in [3.63, 3.8) is 0 Å². The Bertz CT molecular complexity index is 920. The van der Waals surface area contributed by atoms with E-state index in [0.29, 0.717) is 22.4 Å². The van der Waals surface area contributed by atoms with Crippen molar-refractivity contribution in [3.8, 4) is 5.75 Å². The highest BCUT2D eigenvalue weighted by Gasteiger charge is 2.23. The zero-order valence-corrected chi connectivity index (χ0v) is 14.1. The number of esters is 1. The van der Waals surface area contributed by atoms with Crippen molar-refractivity contribution in [2.45, 2.75) is 27.1 Å². The smallest absolute Gasteiger partial charge is 0.342 e. The molecule has 0 bridgehead atoms. The Morgan fingerprint density at radius 3 is 2.77 bits per heavy atom. The molecule has 0 N–H and O–H groups in total. The van der Waals surface area contributed by atoms with Gasteiger partial charge >= 0.3 is 11.6 Å². The summed E-state index contributed by atoms with van der Waals surface area (Å²) < 4.78 is 20.7. The van der Waals surface area contributed by atoms with Crippen LogP contribution in [0.25, 0.3) is 0 Å². The van der Waals surface area contributed by atoms with Crippen LogP contribution < -0.4 is 10.4 Å². The molecule has 1 aromatic heterocycles. The number of carbonyl (C=O) groups is 1. The van der Waals surface area contributed by atoms with Crippen molar-refractivity contribution < 1.29 is 28.3 Å². The second kappa shape index (κ2) is 6.96. The van der Waals surface area contributed by atoms with E-state index in [1.165, 1.54) is 25.1 Å². The highest BCUT2D eigenvalue weighted by Crippen LogP contribution is 2.33. The van der Waals surface area contributed by atoms with Gasteiger partial charge in [-0.05, 0) is 19.4 Å². The molecule has 0 amide bonds. The van der Waals surface area contributed by atoms with Gasteiger partial charge in [-0.1, -0.05) is 0 Å². The van der Waals surface area contributed by atoms with E-state index in [9.17, 15) is 19.7 Å². The number of nitrogens with zero attached hydrogens (tertiary/aromatic N) is 1. The number of hydrogen-bond donors (Lipinski definition) is 0. The van der Waals surface area contributed by atoms with Crippen LogP contribution in [0.1, 0.15) is 32.8 Å². The van der Waals surface area contributed by atoms with E-state index >= 15 is 0 Å². The van der Waals surface area contributed by atoms with Gasteiger partial charge in [-0.3, -0.25) is 10.1 Å². The molecule has 9 heteroatoms. The minimum absolute atomic E-state index is 0.00775. The summed E-state index contributed by atoms with van der Waals surface area (Å²) in [7, 11) is 0. The fraction of sp³-hybridized carbons (Fsp3) is 0.294. The average molecular weight is 361 g/mol. The molecule has 0 spiro atoms. The molecular formula is C17H15NO8. The summed E-state index contributed by atoms with van der Waals surface area (Å²) in [6.07, 6.45) is 0. The molecule has 136 valence electrons. The van der Waals surface area contributed by atoms with Gasteiger partial charge in [0.15, 0.2) is 6.79 Å². The van der Waals surface area contributed by atoms with Crippen LogP contribution in [0.15, 0.2) is 27.4 Å². The monoisotopic (exact) mass is 361 g/mol. The maximum atomic E-state index is 12.4. The highest BCUT2D eigenvalue weighted by molar-refractivity contribution is 5.91.